The molecule has 4 nitrogen and oxygen atoms in total. The molecule has 1 saturated carbocycles. The first-order valence-electron chi connectivity index (χ1n) is 6.97. The van der Waals surface area contributed by atoms with Crippen molar-refractivity contribution in [3.8, 4) is 0 Å². The van der Waals surface area contributed by atoms with Gasteiger partial charge in [0.25, 0.3) is 0 Å². The molecule has 3 N–H and O–H groups in total. The molecule has 98 valence electrons. The van der Waals surface area contributed by atoms with Crippen LogP contribution in [0.25, 0.3) is 0 Å². The third-order valence-electron chi connectivity index (χ3n) is 3.97. The Kier molecular flexibility index (Phi) is 4.80. The summed E-state index contributed by atoms with van der Waals surface area (Å²) in [5.74, 6) is 1.69. The summed E-state index contributed by atoms with van der Waals surface area (Å²) in [5.41, 5.74) is 0. The molecule has 4 heteroatoms. The van der Waals surface area contributed by atoms with Crippen LogP contribution in [0.15, 0.2) is 0 Å². The van der Waals surface area contributed by atoms with E-state index in [2.05, 4.69) is 22.9 Å². The van der Waals surface area contributed by atoms with Crippen molar-refractivity contribution < 1.29 is 4.79 Å². The van der Waals surface area contributed by atoms with Crippen LogP contribution in [0.4, 0.5) is 0 Å². The van der Waals surface area contributed by atoms with E-state index in [1.165, 1.54) is 25.7 Å². The molecule has 1 heterocycles. The number of nitrogens with one attached hydrogen (secondary N) is 3. The minimum absolute atomic E-state index is 0.0373. The van der Waals surface area contributed by atoms with Gasteiger partial charge in [0, 0.05) is 26.2 Å². The maximum Gasteiger partial charge on any atom is 0.238 e. The molecule has 1 aliphatic carbocycles. The van der Waals surface area contributed by atoms with E-state index in [0.717, 1.165) is 32.1 Å². The molecule has 0 spiro atoms. The molecule has 1 amide bonds. The van der Waals surface area contributed by atoms with E-state index >= 15 is 0 Å². The van der Waals surface area contributed by atoms with Crippen molar-refractivity contribution in [2.75, 3.05) is 26.2 Å². The third-order valence-corrected chi connectivity index (χ3v) is 3.97. The Balaban J connectivity index is 1.68. The first kappa shape index (κ1) is 12.8. The molecule has 0 aromatic carbocycles. The van der Waals surface area contributed by atoms with Crippen LogP contribution < -0.4 is 16.0 Å². The second kappa shape index (κ2) is 6.36. The molecular formula is C13H25N3O. The zero-order valence-electron chi connectivity index (χ0n) is 10.8. The van der Waals surface area contributed by atoms with E-state index < -0.39 is 0 Å². The van der Waals surface area contributed by atoms with Crippen LogP contribution in [0.2, 0.25) is 0 Å². The number of amides is 1. The van der Waals surface area contributed by atoms with E-state index in [9.17, 15) is 4.79 Å². The SMILES string of the molecule is CC1CCCC(CNC(=O)C2CNCCN2)C1. The van der Waals surface area contributed by atoms with Crippen molar-refractivity contribution in [1.29, 1.82) is 0 Å². The molecule has 0 radical (unpaired) electrons. The Bertz CT molecular complexity index is 251. The molecule has 2 aliphatic rings. The van der Waals surface area contributed by atoms with Crippen LogP contribution >= 0.6 is 0 Å². The summed E-state index contributed by atoms with van der Waals surface area (Å²) in [6.45, 7) is 5.79. The summed E-state index contributed by atoms with van der Waals surface area (Å²) in [4.78, 5) is 11.9. The van der Waals surface area contributed by atoms with Gasteiger partial charge in [-0.05, 0) is 24.7 Å². The Morgan fingerprint density at radius 2 is 2.24 bits per heavy atom. The lowest BCUT2D eigenvalue weighted by atomic mass is 9.82. The van der Waals surface area contributed by atoms with E-state index in [1.54, 1.807) is 0 Å². The fraction of sp³-hybridized carbons (Fsp3) is 0.923. The highest BCUT2D eigenvalue weighted by molar-refractivity contribution is 5.82. The minimum atomic E-state index is -0.0373. The Morgan fingerprint density at radius 1 is 1.35 bits per heavy atom. The summed E-state index contributed by atoms with van der Waals surface area (Å²) in [5, 5.41) is 9.58. The summed E-state index contributed by atoms with van der Waals surface area (Å²) in [7, 11) is 0. The lowest BCUT2D eigenvalue weighted by Crippen LogP contribution is -2.56. The highest BCUT2D eigenvalue weighted by Crippen LogP contribution is 2.27. The van der Waals surface area contributed by atoms with Crippen molar-refractivity contribution in [1.82, 2.24) is 16.0 Å². The fourth-order valence-corrected chi connectivity index (χ4v) is 2.95. The van der Waals surface area contributed by atoms with Crippen molar-refractivity contribution in [2.45, 2.75) is 38.6 Å². The fourth-order valence-electron chi connectivity index (χ4n) is 2.95. The molecule has 1 saturated heterocycles. The Hall–Kier alpha value is -0.610. The zero-order valence-corrected chi connectivity index (χ0v) is 10.8. The van der Waals surface area contributed by atoms with Crippen LogP contribution in [0.1, 0.15) is 32.6 Å². The molecule has 2 rings (SSSR count). The maximum atomic E-state index is 11.9. The normalized spacial score (nSPS) is 34.3. The molecule has 0 aromatic rings. The molecule has 3 atom stereocenters. The van der Waals surface area contributed by atoms with Gasteiger partial charge in [-0.1, -0.05) is 19.8 Å². The standard InChI is InChI=1S/C13H25N3O/c1-10-3-2-4-11(7-10)8-16-13(17)12-9-14-5-6-15-12/h10-12,14-15H,2-9H2,1H3,(H,16,17). The van der Waals surface area contributed by atoms with Gasteiger partial charge >= 0.3 is 0 Å². The van der Waals surface area contributed by atoms with Crippen LogP contribution in [0.5, 0.6) is 0 Å². The van der Waals surface area contributed by atoms with Crippen LogP contribution in [-0.2, 0) is 4.79 Å². The highest BCUT2D eigenvalue weighted by Gasteiger charge is 2.23. The number of piperazine rings is 1. The van der Waals surface area contributed by atoms with Crippen molar-refractivity contribution in [3.05, 3.63) is 0 Å². The average molecular weight is 239 g/mol. The summed E-state index contributed by atoms with van der Waals surface area (Å²) in [6.07, 6.45) is 5.24. The average Bonchev–Trinajstić information content (AvgIpc) is 2.37. The van der Waals surface area contributed by atoms with Gasteiger partial charge in [-0.15, -0.1) is 0 Å². The largest absolute Gasteiger partial charge is 0.354 e. The predicted octanol–water partition coefficient (Wildman–Crippen LogP) is 0.490. The summed E-state index contributed by atoms with van der Waals surface area (Å²) >= 11 is 0. The van der Waals surface area contributed by atoms with Gasteiger partial charge in [-0.3, -0.25) is 4.79 Å². The summed E-state index contributed by atoms with van der Waals surface area (Å²) < 4.78 is 0. The third kappa shape index (κ3) is 3.96. The van der Waals surface area contributed by atoms with Gasteiger partial charge in [-0.25, -0.2) is 0 Å². The van der Waals surface area contributed by atoms with Crippen molar-refractivity contribution >= 4 is 5.91 Å². The van der Waals surface area contributed by atoms with Gasteiger partial charge < -0.3 is 16.0 Å². The molecule has 17 heavy (non-hydrogen) atoms. The number of rotatable bonds is 3. The Morgan fingerprint density at radius 3 is 2.94 bits per heavy atom. The van der Waals surface area contributed by atoms with E-state index in [-0.39, 0.29) is 11.9 Å². The van der Waals surface area contributed by atoms with E-state index in [1.807, 2.05) is 0 Å². The van der Waals surface area contributed by atoms with Gasteiger partial charge in [0.1, 0.15) is 0 Å². The first-order chi connectivity index (χ1) is 8.25. The smallest absolute Gasteiger partial charge is 0.238 e. The first-order valence-corrected chi connectivity index (χ1v) is 6.97. The van der Waals surface area contributed by atoms with Crippen LogP contribution in [0.3, 0.4) is 0 Å². The van der Waals surface area contributed by atoms with Crippen LogP contribution in [-0.4, -0.2) is 38.1 Å². The monoisotopic (exact) mass is 239 g/mol. The van der Waals surface area contributed by atoms with E-state index in [4.69, 9.17) is 0 Å². The van der Waals surface area contributed by atoms with Gasteiger partial charge in [0.15, 0.2) is 0 Å². The lowest BCUT2D eigenvalue weighted by molar-refractivity contribution is -0.123. The van der Waals surface area contributed by atoms with Crippen LogP contribution in [0, 0.1) is 11.8 Å². The molecular weight excluding hydrogens is 214 g/mol. The lowest BCUT2D eigenvalue weighted by Gasteiger charge is -2.28. The van der Waals surface area contributed by atoms with Gasteiger partial charge in [0.2, 0.25) is 5.91 Å². The quantitative estimate of drug-likeness (QED) is 0.672. The van der Waals surface area contributed by atoms with Gasteiger partial charge in [-0.2, -0.15) is 0 Å². The second-order valence-corrected chi connectivity index (χ2v) is 5.59. The number of carbonyl (C=O) groups excluding carboxylic acids is 1. The molecule has 0 bridgehead atoms. The number of hydrogen-bond acceptors (Lipinski definition) is 3. The van der Waals surface area contributed by atoms with Gasteiger partial charge in [0.05, 0.1) is 6.04 Å². The summed E-state index contributed by atoms with van der Waals surface area (Å²) in [6, 6.07) is -0.0373. The van der Waals surface area contributed by atoms with Crippen molar-refractivity contribution in [2.24, 2.45) is 11.8 Å². The number of hydrogen-bond donors (Lipinski definition) is 3. The predicted molar refractivity (Wildman–Crippen MR) is 68.8 cm³/mol. The van der Waals surface area contributed by atoms with Crippen molar-refractivity contribution in [3.63, 3.8) is 0 Å². The molecule has 0 aromatic heterocycles. The molecule has 3 unspecified atom stereocenters. The Labute approximate surface area is 104 Å². The molecule has 2 fully saturated rings. The minimum Gasteiger partial charge on any atom is -0.354 e. The second-order valence-electron chi connectivity index (χ2n) is 5.59. The highest BCUT2D eigenvalue weighted by atomic mass is 16.2. The number of carbonyl (C=O) groups is 1. The maximum absolute atomic E-state index is 11.9. The molecule has 1 aliphatic heterocycles. The zero-order chi connectivity index (χ0) is 12.1. The topological polar surface area (TPSA) is 53.2 Å². The van der Waals surface area contributed by atoms with E-state index in [0.29, 0.717) is 5.92 Å².